The van der Waals surface area contributed by atoms with Gasteiger partial charge in [-0.2, -0.15) is 13.2 Å². The molecule has 0 heterocycles. The van der Waals surface area contributed by atoms with E-state index in [0.29, 0.717) is 5.56 Å². The number of aliphatic hydroxyl groups excluding tert-OH is 1. The molecule has 0 spiro atoms. The smallest absolute Gasteiger partial charge is 0.388 e. The van der Waals surface area contributed by atoms with Crippen molar-refractivity contribution in [3.05, 3.63) is 34.6 Å². The standard InChI is InChI=1S/C11H11ClF4O/c12-8-6-7(3-4-9(8)13)10(17)2-1-5-11(14,15)16/h3-4,6,10,17H,1-2,5H2. The van der Waals surface area contributed by atoms with Gasteiger partial charge < -0.3 is 5.11 Å². The summed E-state index contributed by atoms with van der Waals surface area (Å²) in [4.78, 5) is 0. The summed E-state index contributed by atoms with van der Waals surface area (Å²) in [6.45, 7) is 0. The quantitative estimate of drug-likeness (QED) is 0.811. The van der Waals surface area contributed by atoms with Gasteiger partial charge in [-0.05, 0) is 30.5 Å². The zero-order chi connectivity index (χ0) is 13.1. The molecule has 1 aromatic carbocycles. The Morgan fingerprint density at radius 3 is 2.47 bits per heavy atom. The van der Waals surface area contributed by atoms with Gasteiger partial charge in [-0.3, -0.25) is 0 Å². The Kier molecular flexibility index (Phi) is 4.77. The van der Waals surface area contributed by atoms with Crippen LogP contribution >= 0.6 is 11.6 Å². The lowest BCUT2D eigenvalue weighted by atomic mass is 10.0. The fourth-order valence-electron chi connectivity index (χ4n) is 1.38. The second-order valence-corrected chi connectivity index (χ2v) is 4.10. The molecule has 96 valence electrons. The van der Waals surface area contributed by atoms with E-state index in [9.17, 15) is 22.7 Å². The summed E-state index contributed by atoms with van der Waals surface area (Å²) in [5.41, 5.74) is 0.318. The molecule has 6 heteroatoms. The predicted octanol–water partition coefficient (Wildman–Crippen LogP) is 4.25. The van der Waals surface area contributed by atoms with E-state index in [1.54, 1.807) is 0 Å². The van der Waals surface area contributed by atoms with Crippen molar-refractivity contribution in [2.75, 3.05) is 0 Å². The van der Waals surface area contributed by atoms with E-state index in [1.165, 1.54) is 12.1 Å². The molecule has 1 unspecified atom stereocenters. The van der Waals surface area contributed by atoms with Crippen molar-refractivity contribution >= 4 is 11.6 Å². The SMILES string of the molecule is OC(CCCC(F)(F)F)c1ccc(F)c(Cl)c1. The third-order valence-corrected chi connectivity index (χ3v) is 2.56. The highest BCUT2D eigenvalue weighted by Crippen LogP contribution is 2.27. The Bertz CT molecular complexity index is 378. The van der Waals surface area contributed by atoms with Gasteiger partial charge in [0.05, 0.1) is 11.1 Å². The van der Waals surface area contributed by atoms with Crippen LogP contribution in [0.1, 0.15) is 30.9 Å². The maximum Gasteiger partial charge on any atom is 0.389 e. The monoisotopic (exact) mass is 270 g/mol. The summed E-state index contributed by atoms with van der Waals surface area (Å²) in [5.74, 6) is -0.627. The van der Waals surface area contributed by atoms with Crippen molar-refractivity contribution in [2.45, 2.75) is 31.5 Å². The van der Waals surface area contributed by atoms with Crippen LogP contribution in [0.4, 0.5) is 17.6 Å². The van der Waals surface area contributed by atoms with Crippen LogP contribution in [0.2, 0.25) is 5.02 Å². The lowest BCUT2D eigenvalue weighted by molar-refractivity contribution is -0.136. The van der Waals surface area contributed by atoms with Gasteiger partial charge >= 0.3 is 6.18 Å². The van der Waals surface area contributed by atoms with Crippen LogP contribution in [0.3, 0.4) is 0 Å². The molecule has 0 amide bonds. The van der Waals surface area contributed by atoms with Crippen molar-refractivity contribution in [3.8, 4) is 0 Å². The van der Waals surface area contributed by atoms with Crippen LogP contribution in [-0.2, 0) is 0 Å². The van der Waals surface area contributed by atoms with Crippen molar-refractivity contribution < 1.29 is 22.7 Å². The fraction of sp³-hybridized carbons (Fsp3) is 0.455. The van der Waals surface area contributed by atoms with Gasteiger partial charge in [-0.25, -0.2) is 4.39 Å². The van der Waals surface area contributed by atoms with E-state index in [0.717, 1.165) is 6.07 Å². The van der Waals surface area contributed by atoms with Crippen LogP contribution in [0.5, 0.6) is 0 Å². The van der Waals surface area contributed by atoms with E-state index in [4.69, 9.17) is 11.6 Å². The Balaban J connectivity index is 2.52. The zero-order valence-electron chi connectivity index (χ0n) is 8.77. The maximum absolute atomic E-state index is 12.8. The highest BCUT2D eigenvalue weighted by molar-refractivity contribution is 6.30. The molecule has 0 bridgehead atoms. The third-order valence-electron chi connectivity index (χ3n) is 2.27. The second-order valence-electron chi connectivity index (χ2n) is 3.70. The van der Waals surface area contributed by atoms with Crippen LogP contribution in [0, 0.1) is 5.82 Å². The van der Waals surface area contributed by atoms with Crippen molar-refractivity contribution in [2.24, 2.45) is 0 Å². The van der Waals surface area contributed by atoms with Crippen molar-refractivity contribution in [1.29, 1.82) is 0 Å². The predicted molar refractivity (Wildman–Crippen MR) is 56.3 cm³/mol. The summed E-state index contributed by atoms with van der Waals surface area (Å²) in [6, 6.07) is 3.60. The topological polar surface area (TPSA) is 20.2 Å². The summed E-state index contributed by atoms with van der Waals surface area (Å²) in [5, 5.41) is 9.43. The Labute approximate surface area is 101 Å². The van der Waals surface area contributed by atoms with Crippen LogP contribution < -0.4 is 0 Å². The molecule has 17 heavy (non-hydrogen) atoms. The molecule has 0 aromatic heterocycles. The zero-order valence-corrected chi connectivity index (χ0v) is 9.52. The van der Waals surface area contributed by atoms with Gasteiger partial charge in [-0.1, -0.05) is 17.7 Å². The number of halogens is 5. The molecule has 0 aliphatic rings. The minimum atomic E-state index is -4.22. The van der Waals surface area contributed by atoms with Crippen LogP contribution in [0.15, 0.2) is 18.2 Å². The molecule has 0 aliphatic carbocycles. The largest absolute Gasteiger partial charge is 0.389 e. The number of hydrogen-bond donors (Lipinski definition) is 1. The second kappa shape index (κ2) is 5.69. The Hall–Kier alpha value is -0.810. The van der Waals surface area contributed by atoms with E-state index in [2.05, 4.69) is 0 Å². The maximum atomic E-state index is 12.8. The first-order valence-corrected chi connectivity index (χ1v) is 5.37. The number of aliphatic hydroxyl groups is 1. The molecular weight excluding hydrogens is 260 g/mol. The summed E-state index contributed by atoms with van der Waals surface area (Å²) in [7, 11) is 0. The molecule has 0 radical (unpaired) electrons. The number of rotatable bonds is 4. The first kappa shape index (κ1) is 14.3. The third kappa shape index (κ3) is 4.91. The molecule has 0 saturated carbocycles. The Morgan fingerprint density at radius 2 is 1.94 bits per heavy atom. The Morgan fingerprint density at radius 1 is 1.29 bits per heavy atom. The molecule has 0 fully saturated rings. The summed E-state index contributed by atoms with van der Waals surface area (Å²) < 4.78 is 48.4. The van der Waals surface area contributed by atoms with E-state index in [-0.39, 0.29) is 17.9 Å². The first-order chi connectivity index (χ1) is 7.79. The van der Waals surface area contributed by atoms with Gasteiger partial charge in [0.2, 0.25) is 0 Å². The number of benzene rings is 1. The molecule has 1 nitrogen and oxygen atoms in total. The molecule has 1 atom stereocenters. The van der Waals surface area contributed by atoms with Crippen molar-refractivity contribution in [1.82, 2.24) is 0 Å². The van der Waals surface area contributed by atoms with Gasteiger partial charge in [0.25, 0.3) is 0 Å². The average Bonchev–Trinajstić information content (AvgIpc) is 2.20. The van der Waals surface area contributed by atoms with Crippen LogP contribution in [0.25, 0.3) is 0 Å². The molecule has 1 rings (SSSR count). The van der Waals surface area contributed by atoms with Crippen molar-refractivity contribution in [3.63, 3.8) is 0 Å². The van der Waals surface area contributed by atoms with Gasteiger partial charge in [-0.15, -0.1) is 0 Å². The minimum absolute atomic E-state index is 0.0402. The van der Waals surface area contributed by atoms with E-state index >= 15 is 0 Å². The first-order valence-electron chi connectivity index (χ1n) is 4.99. The van der Waals surface area contributed by atoms with Gasteiger partial charge in [0.1, 0.15) is 5.82 Å². The summed E-state index contributed by atoms with van der Waals surface area (Å²) >= 11 is 5.50. The van der Waals surface area contributed by atoms with E-state index in [1.807, 2.05) is 0 Å². The van der Waals surface area contributed by atoms with Gasteiger partial charge in [0.15, 0.2) is 0 Å². The van der Waals surface area contributed by atoms with Gasteiger partial charge in [0, 0.05) is 6.42 Å². The highest BCUT2D eigenvalue weighted by atomic mass is 35.5. The van der Waals surface area contributed by atoms with E-state index < -0.39 is 24.5 Å². The molecule has 0 saturated heterocycles. The average molecular weight is 271 g/mol. The molecule has 0 aliphatic heterocycles. The highest BCUT2D eigenvalue weighted by Gasteiger charge is 2.26. The minimum Gasteiger partial charge on any atom is -0.388 e. The fourth-order valence-corrected chi connectivity index (χ4v) is 1.57. The lowest BCUT2D eigenvalue weighted by Crippen LogP contribution is -2.08. The normalized spacial score (nSPS) is 13.8. The van der Waals surface area contributed by atoms with Crippen LogP contribution in [-0.4, -0.2) is 11.3 Å². The lowest BCUT2D eigenvalue weighted by Gasteiger charge is -2.12. The molecule has 1 aromatic rings. The molecule has 1 N–H and O–H groups in total. The summed E-state index contributed by atoms with van der Waals surface area (Å²) in [6.07, 6.45) is -6.45. The number of alkyl halides is 3. The number of hydrogen-bond acceptors (Lipinski definition) is 1. The molecular formula is C11H11ClF4O.